The number of amides is 2. The summed E-state index contributed by atoms with van der Waals surface area (Å²) in [5.74, 6) is 0.360. The van der Waals surface area contributed by atoms with Crippen LogP contribution >= 0.6 is 11.3 Å². The number of thiophene rings is 1. The van der Waals surface area contributed by atoms with E-state index in [1.807, 2.05) is 22.9 Å². The Kier molecular flexibility index (Phi) is 5.99. The molecule has 0 aromatic carbocycles. The van der Waals surface area contributed by atoms with Gasteiger partial charge in [0, 0.05) is 63.0 Å². The maximum atomic E-state index is 13.5. The van der Waals surface area contributed by atoms with Gasteiger partial charge in [-0.3, -0.25) is 19.5 Å². The fraction of sp³-hybridized carbons (Fsp3) is 0.417. The molecule has 0 atom stereocenters. The van der Waals surface area contributed by atoms with Gasteiger partial charge in [0.15, 0.2) is 0 Å². The number of aromatic amines is 1. The van der Waals surface area contributed by atoms with E-state index in [2.05, 4.69) is 10.2 Å². The average Bonchev–Trinajstić information content (AvgIpc) is 3.42. The first-order valence-corrected chi connectivity index (χ1v) is 12.3. The van der Waals surface area contributed by atoms with E-state index in [4.69, 9.17) is 4.74 Å². The first-order valence-electron chi connectivity index (χ1n) is 11.4. The van der Waals surface area contributed by atoms with E-state index in [1.165, 1.54) is 13.2 Å². The molecule has 178 valence electrons. The summed E-state index contributed by atoms with van der Waals surface area (Å²) in [5.41, 5.74) is 3.18. The topological polar surface area (TPSA) is 101 Å². The summed E-state index contributed by atoms with van der Waals surface area (Å²) >= 11 is 1.58. The molecule has 0 spiro atoms. The number of ether oxygens (including phenoxy) is 1. The Balaban J connectivity index is 1.41. The molecule has 0 saturated heterocycles. The molecule has 1 saturated carbocycles. The zero-order valence-corrected chi connectivity index (χ0v) is 20.1. The Morgan fingerprint density at radius 1 is 1.26 bits per heavy atom. The Morgan fingerprint density at radius 3 is 2.79 bits per heavy atom. The molecule has 2 amide bonds. The zero-order valence-electron chi connectivity index (χ0n) is 19.2. The highest BCUT2D eigenvalue weighted by molar-refractivity contribution is 7.07. The lowest BCUT2D eigenvalue weighted by Crippen LogP contribution is -2.34. The van der Waals surface area contributed by atoms with E-state index in [0.29, 0.717) is 55.5 Å². The van der Waals surface area contributed by atoms with E-state index in [-0.39, 0.29) is 23.1 Å². The van der Waals surface area contributed by atoms with Gasteiger partial charge in [0.2, 0.25) is 0 Å². The fourth-order valence-electron chi connectivity index (χ4n) is 4.47. The number of hydrogen-bond acceptors (Lipinski definition) is 6. The standard InChI is InChI=1S/C24H27N5O4S/c1-27(13-15-6-10-34-14-15)24(32)22-19-5-7-28(8-9-29(19)21(30)12-20(22)33-2)23(31)18-11-17(25-26-18)16-3-4-16/h6,10-12,14,16H,3-5,7-9,13H2,1-2H3,(H,25,26). The molecule has 1 aliphatic heterocycles. The summed E-state index contributed by atoms with van der Waals surface area (Å²) < 4.78 is 7.06. The molecule has 1 aliphatic carbocycles. The van der Waals surface area contributed by atoms with Gasteiger partial charge in [0.25, 0.3) is 17.4 Å². The van der Waals surface area contributed by atoms with Crippen molar-refractivity contribution in [1.29, 1.82) is 0 Å². The van der Waals surface area contributed by atoms with Crippen LogP contribution in [0.15, 0.2) is 33.8 Å². The highest BCUT2D eigenvalue weighted by Crippen LogP contribution is 2.39. The number of H-pyrrole nitrogens is 1. The highest BCUT2D eigenvalue weighted by atomic mass is 32.1. The van der Waals surface area contributed by atoms with E-state index in [9.17, 15) is 14.4 Å². The second kappa shape index (κ2) is 9.09. The number of fused-ring (bicyclic) bond motifs is 1. The van der Waals surface area contributed by atoms with Gasteiger partial charge in [0.05, 0.1) is 7.11 Å². The largest absolute Gasteiger partial charge is 0.496 e. The molecule has 34 heavy (non-hydrogen) atoms. The molecule has 10 heteroatoms. The molecule has 0 unspecified atom stereocenters. The number of aromatic nitrogens is 3. The molecular formula is C24H27N5O4S. The van der Waals surface area contributed by atoms with Crippen LogP contribution in [0, 0.1) is 0 Å². The number of carbonyl (C=O) groups is 2. The van der Waals surface area contributed by atoms with Crippen LogP contribution in [-0.4, -0.2) is 63.6 Å². The lowest BCUT2D eigenvalue weighted by molar-refractivity contribution is 0.0752. The van der Waals surface area contributed by atoms with Crippen molar-refractivity contribution in [3.05, 3.63) is 67.5 Å². The lowest BCUT2D eigenvalue weighted by Gasteiger charge is -2.22. The number of pyridine rings is 1. The van der Waals surface area contributed by atoms with E-state index in [0.717, 1.165) is 24.1 Å². The van der Waals surface area contributed by atoms with Crippen LogP contribution in [0.3, 0.4) is 0 Å². The number of methoxy groups -OCH3 is 1. The van der Waals surface area contributed by atoms with Crippen molar-refractivity contribution in [2.24, 2.45) is 0 Å². The van der Waals surface area contributed by atoms with Crippen molar-refractivity contribution < 1.29 is 14.3 Å². The van der Waals surface area contributed by atoms with E-state index >= 15 is 0 Å². The van der Waals surface area contributed by atoms with Crippen LogP contribution in [-0.2, 0) is 19.5 Å². The number of nitrogens with zero attached hydrogens (tertiary/aromatic N) is 4. The summed E-state index contributed by atoms with van der Waals surface area (Å²) in [6.07, 6.45) is 2.61. The minimum Gasteiger partial charge on any atom is -0.496 e. The minimum atomic E-state index is -0.242. The van der Waals surface area contributed by atoms with Gasteiger partial charge >= 0.3 is 0 Å². The van der Waals surface area contributed by atoms with Crippen molar-refractivity contribution in [2.75, 3.05) is 27.2 Å². The first kappa shape index (κ1) is 22.4. The van der Waals surface area contributed by atoms with Crippen molar-refractivity contribution in [3.63, 3.8) is 0 Å². The summed E-state index contributed by atoms with van der Waals surface area (Å²) in [4.78, 5) is 42.8. The number of rotatable bonds is 6. The van der Waals surface area contributed by atoms with E-state index < -0.39 is 0 Å². The summed E-state index contributed by atoms with van der Waals surface area (Å²) in [6.45, 7) is 1.50. The van der Waals surface area contributed by atoms with Gasteiger partial charge < -0.3 is 19.1 Å². The Bertz CT molecular complexity index is 1280. The molecule has 9 nitrogen and oxygen atoms in total. The SMILES string of the molecule is COc1cc(=O)n2c(c1C(=O)N(C)Cc1ccsc1)CCN(C(=O)c1cc(C3CC3)[nH]n1)CC2. The monoisotopic (exact) mass is 481 g/mol. The molecule has 3 aromatic rings. The Hall–Kier alpha value is -3.40. The number of hydrogen-bond donors (Lipinski definition) is 1. The Morgan fingerprint density at radius 2 is 2.09 bits per heavy atom. The highest BCUT2D eigenvalue weighted by Gasteiger charge is 2.30. The van der Waals surface area contributed by atoms with Crippen LogP contribution < -0.4 is 10.3 Å². The summed E-state index contributed by atoms with van der Waals surface area (Å²) in [5, 5.41) is 11.2. The fourth-order valence-corrected chi connectivity index (χ4v) is 5.13. The molecule has 0 bridgehead atoms. The quantitative estimate of drug-likeness (QED) is 0.583. The predicted octanol–water partition coefficient (Wildman–Crippen LogP) is 2.49. The summed E-state index contributed by atoms with van der Waals surface area (Å²) in [7, 11) is 3.20. The van der Waals surface area contributed by atoms with Gasteiger partial charge in [-0.25, -0.2) is 0 Å². The second-order valence-electron chi connectivity index (χ2n) is 8.84. The molecule has 5 rings (SSSR count). The van der Waals surface area contributed by atoms with Gasteiger partial charge in [-0.05, 0) is 41.3 Å². The van der Waals surface area contributed by atoms with Gasteiger partial charge in [-0.15, -0.1) is 0 Å². The maximum Gasteiger partial charge on any atom is 0.274 e. The van der Waals surface area contributed by atoms with Crippen molar-refractivity contribution in [1.82, 2.24) is 24.6 Å². The van der Waals surface area contributed by atoms with E-state index in [1.54, 1.807) is 32.8 Å². The summed E-state index contributed by atoms with van der Waals surface area (Å²) in [6, 6.07) is 5.18. The Labute approximate surface area is 200 Å². The second-order valence-corrected chi connectivity index (χ2v) is 9.62. The molecule has 1 fully saturated rings. The van der Waals surface area contributed by atoms with Crippen LogP contribution in [0.2, 0.25) is 0 Å². The van der Waals surface area contributed by atoms with Crippen molar-refractivity contribution in [3.8, 4) is 5.75 Å². The van der Waals surface area contributed by atoms with Gasteiger partial charge in [0.1, 0.15) is 17.0 Å². The molecular weight excluding hydrogens is 454 g/mol. The molecule has 3 aromatic heterocycles. The maximum absolute atomic E-state index is 13.5. The van der Waals surface area contributed by atoms with Crippen LogP contribution in [0.5, 0.6) is 5.75 Å². The smallest absolute Gasteiger partial charge is 0.274 e. The molecule has 4 heterocycles. The minimum absolute atomic E-state index is 0.168. The average molecular weight is 482 g/mol. The van der Waals surface area contributed by atoms with Gasteiger partial charge in [-0.1, -0.05) is 0 Å². The van der Waals surface area contributed by atoms with Crippen molar-refractivity contribution >= 4 is 23.2 Å². The molecule has 1 N–H and O–H groups in total. The number of carbonyl (C=O) groups excluding carboxylic acids is 2. The van der Waals surface area contributed by atoms with Gasteiger partial charge in [-0.2, -0.15) is 16.4 Å². The predicted molar refractivity (Wildman–Crippen MR) is 128 cm³/mol. The van der Waals surface area contributed by atoms with Crippen LogP contribution in [0.25, 0.3) is 0 Å². The normalized spacial score (nSPS) is 15.5. The van der Waals surface area contributed by atoms with Crippen LogP contribution in [0.1, 0.15) is 56.6 Å². The zero-order chi connectivity index (χ0) is 23.8. The number of nitrogens with one attached hydrogen (secondary N) is 1. The third-order valence-corrected chi connectivity index (χ3v) is 7.23. The molecule has 2 aliphatic rings. The third-order valence-electron chi connectivity index (χ3n) is 6.49. The first-order chi connectivity index (χ1) is 16.5. The van der Waals surface area contributed by atoms with Crippen molar-refractivity contribution in [2.45, 2.75) is 38.3 Å². The molecule has 0 radical (unpaired) electrons. The van der Waals surface area contributed by atoms with Crippen LogP contribution in [0.4, 0.5) is 0 Å². The third kappa shape index (κ3) is 4.25. The lowest BCUT2D eigenvalue weighted by atomic mass is 10.1.